The van der Waals surface area contributed by atoms with Crippen molar-refractivity contribution >= 4 is 23.8 Å². The summed E-state index contributed by atoms with van der Waals surface area (Å²) in [6.45, 7) is 6.51. The van der Waals surface area contributed by atoms with Crippen molar-refractivity contribution in [2.24, 2.45) is 5.92 Å². The number of rotatable bonds is 11. The van der Waals surface area contributed by atoms with E-state index in [4.69, 9.17) is 14.2 Å². The van der Waals surface area contributed by atoms with Crippen LogP contribution in [-0.2, 0) is 30.3 Å². The fraction of sp³-hybridized carbons (Fsp3) is 0.524. The number of carbonyl (C=O) groups excluding carboxylic acids is 4. The van der Waals surface area contributed by atoms with Gasteiger partial charge in [0.05, 0.1) is 6.61 Å². The summed E-state index contributed by atoms with van der Waals surface area (Å²) in [5.74, 6) is -1.44. The van der Waals surface area contributed by atoms with E-state index in [9.17, 15) is 19.2 Å². The molecule has 1 atom stereocenters. The summed E-state index contributed by atoms with van der Waals surface area (Å²) >= 11 is 0. The molecule has 0 heterocycles. The summed E-state index contributed by atoms with van der Waals surface area (Å²) in [5, 5.41) is 2.84. The Morgan fingerprint density at radius 2 is 1.69 bits per heavy atom. The Hall–Kier alpha value is -2.90. The van der Waals surface area contributed by atoms with E-state index < -0.39 is 17.9 Å². The first kappa shape index (κ1) is 24.1. The molecule has 0 radical (unpaired) electrons. The number of nitrogens with one attached hydrogen (secondary N) is 1. The second-order valence-corrected chi connectivity index (χ2v) is 6.74. The summed E-state index contributed by atoms with van der Waals surface area (Å²) in [5.41, 5.74) is 0.634. The molecule has 1 amide bonds. The Kier molecular flexibility index (Phi) is 10.4. The first-order valence-corrected chi connectivity index (χ1v) is 9.61. The molecule has 160 valence electrons. The minimum atomic E-state index is -0.528. The molecule has 1 aromatic carbocycles. The third-order valence-corrected chi connectivity index (χ3v) is 3.91. The third-order valence-electron chi connectivity index (χ3n) is 3.91. The van der Waals surface area contributed by atoms with E-state index >= 15 is 0 Å². The molecular weight excluding hydrogens is 378 g/mol. The van der Waals surface area contributed by atoms with Crippen LogP contribution in [0.4, 0.5) is 0 Å². The van der Waals surface area contributed by atoms with Crippen molar-refractivity contribution in [1.29, 1.82) is 0 Å². The maximum Gasteiger partial charge on any atom is 0.308 e. The second kappa shape index (κ2) is 12.5. The van der Waals surface area contributed by atoms with Gasteiger partial charge >= 0.3 is 17.9 Å². The van der Waals surface area contributed by atoms with Crippen LogP contribution >= 0.6 is 0 Å². The zero-order chi connectivity index (χ0) is 21.8. The van der Waals surface area contributed by atoms with Gasteiger partial charge in [0.1, 0.15) is 11.5 Å². The van der Waals surface area contributed by atoms with Gasteiger partial charge in [-0.25, -0.2) is 0 Å². The molecule has 1 rings (SSSR count). The van der Waals surface area contributed by atoms with Crippen molar-refractivity contribution < 1.29 is 33.4 Å². The molecule has 0 aliphatic rings. The molecule has 0 aliphatic carbocycles. The molecule has 8 heteroatoms. The van der Waals surface area contributed by atoms with E-state index in [0.29, 0.717) is 18.5 Å². The molecule has 1 aromatic rings. The lowest BCUT2D eigenvalue weighted by Gasteiger charge is -2.18. The topological polar surface area (TPSA) is 108 Å². The molecule has 1 unspecified atom stereocenters. The Bertz CT molecular complexity index is 730. The van der Waals surface area contributed by atoms with E-state index in [2.05, 4.69) is 5.32 Å². The van der Waals surface area contributed by atoms with Gasteiger partial charge in [-0.3, -0.25) is 19.2 Å². The highest BCUT2D eigenvalue weighted by molar-refractivity contribution is 5.76. The normalized spacial score (nSPS) is 11.3. The molecule has 29 heavy (non-hydrogen) atoms. The molecule has 0 spiro atoms. The lowest BCUT2D eigenvalue weighted by molar-refractivity contribution is -0.143. The number of benzene rings is 1. The SMILES string of the molecule is CCCCNC(=O)CC(COC(C)=O)Cc1ccc(OC(C)=O)cc1OC(C)=O. The average Bonchev–Trinajstić information content (AvgIpc) is 2.61. The van der Waals surface area contributed by atoms with Gasteiger partial charge in [-0.05, 0) is 24.5 Å². The van der Waals surface area contributed by atoms with Crippen LogP contribution in [0.1, 0.15) is 52.5 Å². The van der Waals surface area contributed by atoms with Crippen molar-refractivity contribution in [2.45, 2.75) is 53.4 Å². The van der Waals surface area contributed by atoms with E-state index in [0.717, 1.165) is 12.8 Å². The summed E-state index contributed by atoms with van der Waals surface area (Å²) in [7, 11) is 0. The summed E-state index contributed by atoms with van der Waals surface area (Å²) in [4.78, 5) is 46.0. The monoisotopic (exact) mass is 407 g/mol. The number of esters is 3. The van der Waals surface area contributed by atoms with Gasteiger partial charge in [-0.15, -0.1) is 0 Å². The van der Waals surface area contributed by atoms with Gasteiger partial charge < -0.3 is 19.5 Å². The number of carbonyl (C=O) groups is 4. The fourth-order valence-electron chi connectivity index (χ4n) is 2.66. The van der Waals surface area contributed by atoms with Gasteiger partial charge in [-0.2, -0.15) is 0 Å². The van der Waals surface area contributed by atoms with Gasteiger partial charge in [0, 0.05) is 45.7 Å². The molecule has 0 fully saturated rings. The predicted octanol–water partition coefficient (Wildman–Crippen LogP) is 2.57. The van der Waals surface area contributed by atoms with Crippen LogP contribution in [0.15, 0.2) is 18.2 Å². The fourth-order valence-corrected chi connectivity index (χ4v) is 2.66. The van der Waals surface area contributed by atoms with E-state index in [1.807, 2.05) is 6.92 Å². The van der Waals surface area contributed by atoms with E-state index in [1.54, 1.807) is 12.1 Å². The Balaban J connectivity index is 2.98. The van der Waals surface area contributed by atoms with E-state index in [-0.39, 0.29) is 36.4 Å². The number of hydrogen-bond acceptors (Lipinski definition) is 7. The first-order chi connectivity index (χ1) is 13.7. The Morgan fingerprint density at radius 1 is 1.00 bits per heavy atom. The van der Waals surface area contributed by atoms with Gasteiger partial charge in [0.25, 0.3) is 0 Å². The molecule has 0 aliphatic heterocycles. The van der Waals surface area contributed by atoms with Gasteiger partial charge in [0.2, 0.25) is 5.91 Å². The van der Waals surface area contributed by atoms with Gasteiger partial charge in [0.15, 0.2) is 0 Å². The Labute approximate surface area is 170 Å². The highest BCUT2D eigenvalue weighted by Gasteiger charge is 2.20. The van der Waals surface area contributed by atoms with Crippen LogP contribution in [0.3, 0.4) is 0 Å². The average molecular weight is 407 g/mol. The molecule has 0 bridgehead atoms. The van der Waals surface area contributed by atoms with Crippen LogP contribution < -0.4 is 14.8 Å². The number of amides is 1. The second-order valence-electron chi connectivity index (χ2n) is 6.74. The minimum Gasteiger partial charge on any atom is -0.466 e. The van der Waals surface area contributed by atoms with Crippen LogP contribution in [0, 0.1) is 5.92 Å². The minimum absolute atomic E-state index is 0.0573. The summed E-state index contributed by atoms with van der Waals surface area (Å²) in [6, 6.07) is 4.68. The number of ether oxygens (including phenoxy) is 3. The van der Waals surface area contributed by atoms with Crippen molar-refractivity contribution in [1.82, 2.24) is 5.32 Å². The standard InChI is InChI=1S/C21H29NO7/c1-5-6-9-22-21(26)11-17(13-27-14(2)23)10-18-7-8-19(28-15(3)24)12-20(18)29-16(4)25/h7-8,12,17H,5-6,9-11,13H2,1-4H3,(H,22,26). The van der Waals surface area contributed by atoms with Crippen LogP contribution in [0.2, 0.25) is 0 Å². The van der Waals surface area contributed by atoms with Crippen molar-refractivity contribution in [3.63, 3.8) is 0 Å². The van der Waals surface area contributed by atoms with Crippen LogP contribution in [-0.4, -0.2) is 37.0 Å². The maximum atomic E-state index is 12.2. The quantitative estimate of drug-likeness (QED) is 0.341. The predicted molar refractivity (Wildman–Crippen MR) is 105 cm³/mol. The molecular formula is C21H29NO7. The van der Waals surface area contributed by atoms with E-state index in [1.165, 1.54) is 26.8 Å². The Morgan fingerprint density at radius 3 is 2.28 bits per heavy atom. The third kappa shape index (κ3) is 10.3. The first-order valence-electron chi connectivity index (χ1n) is 9.61. The highest BCUT2D eigenvalue weighted by atomic mass is 16.5. The van der Waals surface area contributed by atoms with Crippen LogP contribution in [0.25, 0.3) is 0 Å². The summed E-state index contributed by atoms with van der Waals surface area (Å²) < 4.78 is 15.4. The number of unbranched alkanes of at least 4 members (excludes halogenated alkanes) is 1. The maximum absolute atomic E-state index is 12.2. The molecule has 0 saturated heterocycles. The summed E-state index contributed by atoms with van der Waals surface area (Å²) in [6.07, 6.45) is 2.34. The molecule has 0 aromatic heterocycles. The highest BCUT2D eigenvalue weighted by Crippen LogP contribution is 2.28. The van der Waals surface area contributed by atoms with Crippen molar-refractivity contribution in [2.75, 3.05) is 13.2 Å². The van der Waals surface area contributed by atoms with Crippen LogP contribution in [0.5, 0.6) is 11.5 Å². The lowest BCUT2D eigenvalue weighted by Crippen LogP contribution is -2.29. The zero-order valence-electron chi connectivity index (χ0n) is 17.4. The van der Waals surface area contributed by atoms with Crippen molar-refractivity contribution in [3.8, 4) is 11.5 Å². The smallest absolute Gasteiger partial charge is 0.308 e. The zero-order valence-corrected chi connectivity index (χ0v) is 17.4. The molecule has 8 nitrogen and oxygen atoms in total. The van der Waals surface area contributed by atoms with Crippen molar-refractivity contribution in [3.05, 3.63) is 23.8 Å². The number of hydrogen-bond donors (Lipinski definition) is 1. The molecule has 1 N–H and O–H groups in total. The van der Waals surface area contributed by atoms with Gasteiger partial charge in [-0.1, -0.05) is 19.4 Å². The lowest BCUT2D eigenvalue weighted by atomic mass is 9.95. The largest absolute Gasteiger partial charge is 0.466 e. The molecule has 0 saturated carbocycles.